The van der Waals surface area contributed by atoms with Crippen molar-refractivity contribution in [2.45, 2.75) is 31.1 Å². The lowest BCUT2D eigenvalue weighted by Gasteiger charge is -2.14. The Hall–Kier alpha value is 0.790. The molecule has 0 heterocycles. The first kappa shape index (κ1) is 11.8. The van der Waals surface area contributed by atoms with Gasteiger partial charge in [-0.05, 0) is 19.6 Å². The first-order chi connectivity index (χ1) is 5.16. The minimum Gasteiger partial charge on any atom is -0.313 e. The topological polar surface area (TPSA) is 12.0 Å². The zero-order valence-electron chi connectivity index (χ0n) is 7.56. The van der Waals surface area contributed by atoms with E-state index >= 15 is 0 Å². The molecule has 3 heteroatoms. The molecule has 0 amide bonds. The molecular formula is C8H18BrNS. The summed E-state index contributed by atoms with van der Waals surface area (Å²) < 4.78 is 0. The third-order valence-corrected chi connectivity index (χ3v) is 2.46. The van der Waals surface area contributed by atoms with Gasteiger partial charge in [-0.1, -0.05) is 22.9 Å². The standard InChI is InChI=1S/C8H18BrNS/c1-7(9)6-8(2)10-4-5-11-3/h7-8,10H,4-6H2,1-3H3. The zero-order valence-corrected chi connectivity index (χ0v) is 9.96. The predicted molar refractivity (Wildman–Crippen MR) is 58.9 cm³/mol. The average molecular weight is 240 g/mol. The van der Waals surface area contributed by atoms with Gasteiger partial charge in [0.25, 0.3) is 0 Å². The summed E-state index contributed by atoms with van der Waals surface area (Å²) in [6.07, 6.45) is 3.34. The number of rotatable bonds is 6. The fourth-order valence-corrected chi connectivity index (χ4v) is 1.86. The Bertz CT molecular complexity index is 88.2. The number of hydrogen-bond acceptors (Lipinski definition) is 2. The van der Waals surface area contributed by atoms with E-state index in [9.17, 15) is 0 Å². The first-order valence-electron chi connectivity index (χ1n) is 4.03. The summed E-state index contributed by atoms with van der Waals surface area (Å²) in [6, 6.07) is 0.636. The predicted octanol–water partition coefficient (Wildman–Crippen LogP) is 2.50. The highest BCUT2D eigenvalue weighted by molar-refractivity contribution is 9.09. The molecule has 0 saturated carbocycles. The van der Waals surface area contributed by atoms with Gasteiger partial charge in [-0.15, -0.1) is 0 Å². The van der Waals surface area contributed by atoms with Crippen LogP contribution in [-0.4, -0.2) is 29.4 Å². The molecule has 11 heavy (non-hydrogen) atoms. The van der Waals surface area contributed by atoms with Crippen molar-refractivity contribution in [2.24, 2.45) is 0 Å². The van der Waals surface area contributed by atoms with Gasteiger partial charge in [0.1, 0.15) is 0 Å². The molecule has 0 aliphatic rings. The van der Waals surface area contributed by atoms with Gasteiger partial charge in [-0.25, -0.2) is 0 Å². The minimum absolute atomic E-state index is 0.624. The van der Waals surface area contributed by atoms with Crippen LogP contribution in [0.15, 0.2) is 0 Å². The maximum atomic E-state index is 3.54. The molecule has 0 fully saturated rings. The van der Waals surface area contributed by atoms with Crippen LogP contribution in [-0.2, 0) is 0 Å². The SMILES string of the molecule is CSCCNC(C)CC(C)Br. The molecule has 0 bridgehead atoms. The second-order valence-electron chi connectivity index (χ2n) is 2.86. The smallest absolute Gasteiger partial charge is 0.0132 e. The van der Waals surface area contributed by atoms with Gasteiger partial charge in [-0.2, -0.15) is 11.8 Å². The van der Waals surface area contributed by atoms with Gasteiger partial charge in [0.15, 0.2) is 0 Å². The maximum absolute atomic E-state index is 3.54. The second-order valence-corrected chi connectivity index (χ2v) is 5.41. The molecule has 0 aromatic carbocycles. The number of hydrogen-bond donors (Lipinski definition) is 1. The van der Waals surface area contributed by atoms with E-state index in [2.05, 4.69) is 41.3 Å². The first-order valence-corrected chi connectivity index (χ1v) is 6.34. The second kappa shape index (κ2) is 7.44. The largest absolute Gasteiger partial charge is 0.313 e. The van der Waals surface area contributed by atoms with Crippen molar-refractivity contribution in [1.29, 1.82) is 0 Å². The fraction of sp³-hybridized carbons (Fsp3) is 1.00. The molecule has 1 nitrogen and oxygen atoms in total. The highest BCUT2D eigenvalue weighted by atomic mass is 79.9. The third kappa shape index (κ3) is 8.70. The molecule has 0 aliphatic heterocycles. The molecule has 0 aromatic heterocycles. The van der Waals surface area contributed by atoms with E-state index < -0.39 is 0 Å². The number of thioether (sulfide) groups is 1. The number of nitrogens with one attached hydrogen (secondary N) is 1. The third-order valence-electron chi connectivity index (χ3n) is 1.48. The van der Waals surface area contributed by atoms with E-state index in [1.165, 1.54) is 12.2 Å². The summed E-state index contributed by atoms with van der Waals surface area (Å²) >= 11 is 5.43. The normalized spacial score (nSPS) is 16.4. The monoisotopic (exact) mass is 239 g/mol. The lowest BCUT2D eigenvalue weighted by Crippen LogP contribution is -2.29. The van der Waals surface area contributed by atoms with Crippen LogP contribution in [0.3, 0.4) is 0 Å². The lowest BCUT2D eigenvalue weighted by atomic mass is 10.2. The molecular weight excluding hydrogens is 222 g/mol. The van der Waals surface area contributed by atoms with Crippen LogP contribution >= 0.6 is 27.7 Å². The summed E-state index contributed by atoms with van der Waals surface area (Å²) in [5.74, 6) is 1.21. The molecule has 0 saturated heterocycles. The van der Waals surface area contributed by atoms with Crippen LogP contribution in [0.25, 0.3) is 0 Å². The summed E-state index contributed by atoms with van der Waals surface area (Å²) in [5.41, 5.74) is 0. The van der Waals surface area contributed by atoms with Gasteiger partial charge >= 0.3 is 0 Å². The van der Waals surface area contributed by atoms with Crippen LogP contribution in [0.5, 0.6) is 0 Å². The van der Waals surface area contributed by atoms with Crippen molar-refractivity contribution in [1.82, 2.24) is 5.32 Å². The Morgan fingerprint density at radius 2 is 2.09 bits per heavy atom. The summed E-state index contributed by atoms with van der Waals surface area (Å²) in [5, 5.41) is 3.46. The minimum atomic E-state index is 0.624. The van der Waals surface area contributed by atoms with Gasteiger partial charge in [0.2, 0.25) is 0 Å². The molecule has 0 rings (SSSR count). The maximum Gasteiger partial charge on any atom is 0.0132 e. The molecule has 68 valence electrons. The van der Waals surface area contributed by atoms with E-state index in [1.54, 1.807) is 0 Å². The van der Waals surface area contributed by atoms with Gasteiger partial charge < -0.3 is 5.32 Å². The molecule has 0 spiro atoms. The van der Waals surface area contributed by atoms with Crippen molar-refractivity contribution in [3.8, 4) is 0 Å². The lowest BCUT2D eigenvalue weighted by molar-refractivity contribution is 0.534. The Kier molecular flexibility index (Phi) is 7.97. The molecule has 0 aliphatic carbocycles. The highest BCUT2D eigenvalue weighted by Crippen LogP contribution is 2.06. The van der Waals surface area contributed by atoms with E-state index in [0.29, 0.717) is 10.9 Å². The molecule has 1 N–H and O–H groups in total. The van der Waals surface area contributed by atoms with Crippen LogP contribution in [0.1, 0.15) is 20.3 Å². The van der Waals surface area contributed by atoms with Crippen molar-refractivity contribution in [3.63, 3.8) is 0 Å². The van der Waals surface area contributed by atoms with E-state index in [-0.39, 0.29) is 0 Å². The van der Waals surface area contributed by atoms with E-state index in [1.807, 2.05) is 11.8 Å². The van der Waals surface area contributed by atoms with Gasteiger partial charge in [-0.3, -0.25) is 0 Å². The van der Waals surface area contributed by atoms with Crippen LogP contribution < -0.4 is 5.32 Å². The Labute approximate surface area is 82.8 Å². The summed E-state index contributed by atoms with van der Waals surface area (Å²) in [7, 11) is 0. The van der Waals surface area contributed by atoms with E-state index in [0.717, 1.165) is 6.54 Å². The fourth-order valence-electron chi connectivity index (χ4n) is 0.978. The average Bonchev–Trinajstić information content (AvgIpc) is 1.86. The van der Waals surface area contributed by atoms with E-state index in [4.69, 9.17) is 0 Å². The summed E-state index contributed by atoms with van der Waals surface area (Å²) in [6.45, 7) is 5.55. The summed E-state index contributed by atoms with van der Waals surface area (Å²) in [4.78, 5) is 0.624. The molecule has 2 unspecified atom stereocenters. The number of halogens is 1. The van der Waals surface area contributed by atoms with Crippen LogP contribution in [0, 0.1) is 0 Å². The molecule has 0 radical (unpaired) electrons. The van der Waals surface area contributed by atoms with Crippen molar-refractivity contribution >= 4 is 27.7 Å². The highest BCUT2D eigenvalue weighted by Gasteiger charge is 2.03. The Balaban J connectivity index is 3.15. The van der Waals surface area contributed by atoms with Gasteiger partial charge in [0, 0.05) is 23.2 Å². The van der Waals surface area contributed by atoms with Crippen molar-refractivity contribution in [3.05, 3.63) is 0 Å². The molecule has 2 atom stereocenters. The van der Waals surface area contributed by atoms with Gasteiger partial charge in [0.05, 0.1) is 0 Å². The zero-order chi connectivity index (χ0) is 8.69. The molecule has 0 aromatic rings. The van der Waals surface area contributed by atoms with Crippen LogP contribution in [0.4, 0.5) is 0 Å². The Morgan fingerprint density at radius 3 is 2.55 bits per heavy atom. The Morgan fingerprint density at radius 1 is 1.45 bits per heavy atom. The van der Waals surface area contributed by atoms with Crippen LogP contribution in [0.2, 0.25) is 0 Å². The quantitative estimate of drug-likeness (QED) is 0.565. The van der Waals surface area contributed by atoms with Crippen molar-refractivity contribution < 1.29 is 0 Å². The van der Waals surface area contributed by atoms with Crippen molar-refractivity contribution in [2.75, 3.05) is 18.6 Å². The number of alkyl halides is 1.